The first-order valence-electron chi connectivity index (χ1n) is 10.0. The van der Waals surface area contributed by atoms with Gasteiger partial charge >= 0.3 is 0 Å². The maximum absolute atomic E-state index is 12.8. The Morgan fingerprint density at radius 3 is 2.72 bits per heavy atom. The molecule has 2 aromatic heterocycles. The molecule has 32 heavy (non-hydrogen) atoms. The molecule has 0 radical (unpaired) electrons. The first kappa shape index (κ1) is 20.6. The number of methoxy groups -OCH3 is 1. The molecule has 0 aliphatic carbocycles. The van der Waals surface area contributed by atoms with E-state index in [1.807, 2.05) is 70.6 Å². The molecule has 7 nitrogen and oxygen atoms in total. The van der Waals surface area contributed by atoms with E-state index in [4.69, 9.17) is 4.74 Å². The van der Waals surface area contributed by atoms with E-state index in [0.29, 0.717) is 5.75 Å². The molecule has 1 saturated heterocycles. The van der Waals surface area contributed by atoms with Gasteiger partial charge < -0.3 is 4.74 Å². The lowest BCUT2D eigenvalue weighted by molar-refractivity contribution is -0.139. The Bertz CT molecular complexity index is 1270. The number of imidazole rings is 1. The molecule has 2 aromatic carbocycles. The summed E-state index contributed by atoms with van der Waals surface area (Å²) in [7, 11) is 1.61. The van der Waals surface area contributed by atoms with Gasteiger partial charge in [-0.3, -0.25) is 19.4 Å². The number of thioether (sulfide) groups is 1. The number of hydrogen-bond acceptors (Lipinski definition) is 6. The molecular formula is C23H20N4O3S2. The van der Waals surface area contributed by atoms with Crippen molar-refractivity contribution < 1.29 is 14.3 Å². The van der Waals surface area contributed by atoms with Gasteiger partial charge in [-0.2, -0.15) is 0 Å². The van der Waals surface area contributed by atoms with Gasteiger partial charge in [-0.1, -0.05) is 42.5 Å². The van der Waals surface area contributed by atoms with Gasteiger partial charge in [0, 0.05) is 22.8 Å². The minimum Gasteiger partial charge on any atom is -0.497 e. The lowest BCUT2D eigenvalue weighted by Crippen LogP contribution is -2.45. The number of thiazole rings is 1. The molecule has 162 valence electrons. The maximum Gasteiger partial charge on any atom is 0.252 e. The van der Waals surface area contributed by atoms with E-state index in [0.717, 1.165) is 33.2 Å². The number of benzene rings is 2. The number of nitrogens with one attached hydrogen (secondary N) is 1. The molecule has 0 saturated carbocycles. The minimum atomic E-state index is -0.266. The summed E-state index contributed by atoms with van der Waals surface area (Å²) in [5.74, 6) is 0.708. The third-order valence-corrected chi connectivity index (χ3v) is 7.31. The van der Waals surface area contributed by atoms with E-state index in [1.165, 1.54) is 28.1 Å². The fraction of sp³-hybridized carbons (Fsp3) is 0.174. The van der Waals surface area contributed by atoms with Crippen molar-refractivity contribution in [2.75, 3.05) is 12.9 Å². The fourth-order valence-corrected chi connectivity index (χ4v) is 5.58. The normalized spacial score (nSPS) is 16.0. The number of ether oxygens (including phenoxy) is 1. The van der Waals surface area contributed by atoms with Crippen molar-refractivity contribution in [2.45, 2.75) is 11.8 Å². The first-order valence-corrected chi connectivity index (χ1v) is 11.9. The lowest BCUT2D eigenvalue weighted by Gasteiger charge is -2.24. The summed E-state index contributed by atoms with van der Waals surface area (Å²) in [6.45, 7) is 0. The van der Waals surface area contributed by atoms with Gasteiger partial charge in [-0.15, -0.1) is 23.1 Å². The summed E-state index contributed by atoms with van der Waals surface area (Å²) in [5.41, 5.74) is 6.47. The number of carbonyl (C=O) groups excluding carboxylic acids is 2. The van der Waals surface area contributed by atoms with Crippen LogP contribution in [0, 0.1) is 0 Å². The molecule has 1 atom stereocenters. The van der Waals surface area contributed by atoms with Crippen LogP contribution in [0.5, 0.6) is 5.75 Å². The van der Waals surface area contributed by atoms with Crippen LogP contribution in [-0.4, -0.2) is 39.1 Å². The summed E-state index contributed by atoms with van der Waals surface area (Å²) in [5, 5.41) is 3.10. The van der Waals surface area contributed by atoms with Crippen molar-refractivity contribution >= 4 is 39.9 Å². The summed E-state index contributed by atoms with van der Waals surface area (Å²) < 4.78 is 7.14. The molecule has 1 aliphatic rings. The predicted molar refractivity (Wildman–Crippen MR) is 125 cm³/mol. The number of hydrogen-bond donors (Lipinski definition) is 1. The Labute approximate surface area is 193 Å². The van der Waals surface area contributed by atoms with Gasteiger partial charge in [0.1, 0.15) is 11.1 Å². The molecule has 3 heterocycles. The second-order valence-electron chi connectivity index (χ2n) is 7.28. The van der Waals surface area contributed by atoms with Gasteiger partial charge in [0.25, 0.3) is 5.91 Å². The first-order chi connectivity index (χ1) is 15.6. The van der Waals surface area contributed by atoms with Crippen LogP contribution in [0.4, 0.5) is 0 Å². The molecule has 1 N–H and O–H groups in total. The van der Waals surface area contributed by atoms with Gasteiger partial charge in [0.05, 0.1) is 25.0 Å². The summed E-state index contributed by atoms with van der Waals surface area (Å²) in [6.07, 6.45) is 2.09. The average Bonchev–Trinajstić information content (AvgIpc) is 3.51. The molecular weight excluding hydrogens is 444 g/mol. The van der Waals surface area contributed by atoms with Crippen LogP contribution >= 0.6 is 23.1 Å². The zero-order chi connectivity index (χ0) is 22.1. The molecule has 5 rings (SSSR count). The second-order valence-corrected chi connectivity index (χ2v) is 9.19. The van der Waals surface area contributed by atoms with Gasteiger partial charge in [-0.25, -0.2) is 9.99 Å². The minimum absolute atomic E-state index is 0.117. The summed E-state index contributed by atoms with van der Waals surface area (Å²) >= 11 is 2.98. The van der Waals surface area contributed by atoms with E-state index in [1.54, 1.807) is 7.11 Å². The van der Waals surface area contributed by atoms with Crippen LogP contribution < -0.4 is 10.2 Å². The fourth-order valence-electron chi connectivity index (χ4n) is 3.60. The molecule has 1 unspecified atom stereocenters. The van der Waals surface area contributed by atoms with Crippen molar-refractivity contribution in [1.29, 1.82) is 0 Å². The van der Waals surface area contributed by atoms with Crippen molar-refractivity contribution in [3.05, 3.63) is 77.4 Å². The van der Waals surface area contributed by atoms with Crippen LogP contribution in [0.3, 0.4) is 0 Å². The summed E-state index contributed by atoms with van der Waals surface area (Å²) in [4.78, 5) is 30.8. The Morgan fingerprint density at radius 2 is 1.97 bits per heavy atom. The molecule has 9 heteroatoms. The number of rotatable bonds is 6. The van der Waals surface area contributed by atoms with Gasteiger partial charge in [0.2, 0.25) is 5.91 Å². The third-order valence-electron chi connectivity index (χ3n) is 5.21. The van der Waals surface area contributed by atoms with Crippen LogP contribution in [0.1, 0.15) is 16.6 Å². The highest BCUT2D eigenvalue weighted by Crippen LogP contribution is 2.37. The van der Waals surface area contributed by atoms with E-state index in [9.17, 15) is 9.59 Å². The van der Waals surface area contributed by atoms with E-state index >= 15 is 0 Å². The number of aromatic nitrogens is 2. The third kappa shape index (κ3) is 3.96. The number of nitrogens with zero attached hydrogens (tertiary/aromatic N) is 3. The van der Waals surface area contributed by atoms with E-state index < -0.39 is 0 Å². The Morgan fingerprint density at radius 1 is 1.19 bits per heavy atom. The maximum atomic E-state index is 12.8. The Balaban J connectivity index is 1.31. The zero-order valence-corrected chi connectivity index (χ0v) is 18.9. The van der Waals surface area contributed by atoms with Crippen molar-refractivity contribution in [1.82, 2.24) is 19.8 Å². The molecule has 1 fully saturated rings. The Hall–Kier alpha value is -3.30. The highest BCUT2D eigenvalue weighted by molar-refractivity contribution is 8.00. The van der Waals surface area contributed by atoms with E-state index in [2.05, 4.69) is 10.4 Å². The second kappa shape index (κ2) is 8.68. The monoisotopic (exact) mass is 464 g/mol. The topological polar surface area (TPSA) is 75.9 Å². The number of fused-ring (bicyclic) bond motifs is 1. The molecule has 4 aromatic rings. The highest BCUT2D eigenvalue weighted by Gasteiger charge is 2.34. The molecule has 2 amide bonds. The van der Waals surface area contributed by atoms with Crippen LogP contribution in [0.15, 0.2) is 66.2 Å². The average molecular weight is 465 g/mol. The van der Waals surface area contributed by atoms with Gasteiger partial charge in [0.15, 0.2) is 4.96 Å². The number of hydrazine groups is 1. The largest absolute Gasteiger partial charge is 0.497 e. The predicted octanol–water partition coefficient (Wildman–Crippen LogP) is 3.92. The lowest BCUT2D eigenvalue weighted by atomic mass is 10.2. The number of carbonyl (C=O) groups is 2. The highest BCUT2D eigenvalue weighted by atomic mass is 32.2. The quantitative estimate of drug-likeness (QED) is 0.468. The molecule has 1 aliphatic heterocycles. The zero-order valence-electron chi connectivity index (χ0n) is 17.2. The summed E-state index contributed by atoms with van der Waals surface area (Å²) in [6, 6.07) is 17.5. The van der Waals surface area contributed by atoms with Crippen LogP contribution in [-0.2, 0) is 16.0 Å². The number of amides is 2. The van der Waals surface area contributed by atoms with Crippen LogP contribution in [0.25, 0.3) is 16.2 Å². The standard InChI is InChI=1S/C23H20N4O3S2/c1-30-18-9-7-16(8-10-18)22-27(21(29)14-31-22)25-20(28)11-17-13-32-23-24-19(12-26(17)23)15-5-3-2-4-6-15/h2-10,12-13,22H,11,14H2,1H3,(H,25,28). The Kier molecular flexibility index (Phi) is 5.59. The van der Waals surface area contributed by atoms with Crippen molar-refractivity contribution in [3.63, 3.8) is 0 Å². The van der Waals surface area contributed by atoms with Crippen LogP contribution in [0.2, 0.25) is 0 Å². The van der Waals surface area contributed by atoms with Gasteiger partial charge in [-0.05, 0) is 17.7 Å². The molecule has 0 spiro atoms. The van der Waals surface area contributed by atoms with Crippen molar-refractivity contribution in [3.8, 4) is 17.0 Å². The van der Waals surface area contributed by atoms with Crippen molar-refractivity contribution in [2.24, 2.45) is 0 Å². The smallest absolute Gasteiger partial charge is 0.252 e. The van der Waals surface area contributed by atoms with E-state index in [-0.39, 0.29) is 23.6 Å². The SMILES string of the molecule is COc1ccc(C2SCC(=O)N2NC(=O)Cc2csc3nc(-c4ccccc4)cn23)cc1. The molecule has 0 bridgehead atoms.